The van der Waals surface area contributed by atoms with E-state index in [9.17, 15) is 0 Å². The van der Waals surface area contributed by atoms with Crippen molar-refractivity contribution in [2.75, 3.05) is 13.7 Å². The van der Waals surface area contributed by atoms with Gasteiger partial charge in [-0.3, -0.25) is 0 Å². The van der Waals surface area contributed by atoms with Crippen LogP contribution in [0, 0.1) is 0 Å². The lowest BCUT2D eigenvalue weighted by Crippen LogP contribution is -2.31. The van der Waals surface area contributed by atoms with Crippen LogP contribution >= 0.6 is 0 Å². The van der Waals surface area contributed by atoms with Crippen LogP contribution in [0.15, 0.2) is 18.2 Å². The maximum atomic E-state index is 6.12. The fraction of sp³-hybridized carbons (Fsp3) is 0.571. The van der Waals surface area contributed by atoms with Crippen LogP contribution in [0.1, 0.15) is 32.3 Å². The minimum Gasteiger partial charge on any atom is -0.493 e. The highest BCUT2D eigenvalue weighted by molar-refractivity contribution is 5.53. The molecule has 1 aliphatic rings. The van der Waals surface area contributed by atoms with E-state index < -0.39 is 0 Å². The van der Waals surface area contributed by atoms with Crippen LogP contribution in [0.25, 0.3) is 0 Å². The van der Waals surface area contributed by atoms with E-state index in [1.807, 2.05) is 19.1 Å². The highest BCUT2D eigenvalue weighted by Crippen LogP contribution is 2.54. The van der Waals surface area contributed by atoms with Gasteiger partial charge in [-0.1, -0.05) is 12.1 Å². The van der Waals surface area contributed by atoms with E-state index in [4.69, 9.17) is 15.2 Å². The molecule has 2 N–H and O–H groups in total. The van der Waals surface area contributed by atoms with Crippen LogP contribution in [0.5, 0.6) is 11.5 Å². The molecule has 1 fully saturated rings. The predicted octanol–water partition coefficient (Wildman–Crippen LogP) is 2.47. The van der Waals surface area contributed by atoms with Gasteiger partial charge in [0.2, 0.25) is 0 Å². The summed E-state index contributed by atoms with van der Waals surface area (Å²) >= 11 is 0. The summed E-state index contributed by atoms with van der Waals surface area (Å²) in [5.41, 5.74) is 7.41. The van der Waals surface area contributed by atoms with Gasteiger partial charge in [0.05, 0.1) is 13.7 Å². The van der Waals surface area contributed by atoms with Crippen molar-refractivity contribution >= 4 is 0 Å². The van der Waals surface area contributed by atoms with E-state index in [-0.39, 0.29) is 11.5 Å². The molecular formula is C14H21NO2. The van der Waals surface area contributed by atoms with Gasteiger partial charge in [0.15, 0.2) is 11.5 Å². The maximum Gasteiger partial charge on any atom is 0.164 e. The molecule has 1 saturated carbocycles. The first-order chi connectivity index (χ1) is 8.15. The predicted molar refractivity (Wildman–Crippen MR) is 68.7 cm³/mol. The smallest absolute Gasteiger partial charge is 0.164 e. The molecule has 0 radical (unpaired) electrons. The molecule has 0 bridgehead atoms. The average Bonchev–Trinajstić information content (AvgIpc) is 3.10. The molecule has 1 aromatic carbocycles. The summed E-state index contributed by atoms with van der Waals surface area (Å²) in [6.07, 6.45) is 2.27. The van der Waals surface area contributed by atoms with Gasteiger partial charge < -0.3 is 15.2 Å². The van der Waals surface area contributed by atoms with Crippen molar-refractivity contribution in [2.24, 2.45) is 5.73 Å². The summed E-state index contributed by atoms with van der Waals surface area (Å²) < 4.78 is 11.1. The molecule has 2 rings (SSSR count). The molecule has 3 nitrogen and oxygen atoms in total. The number of hydrogen-bond acceptors (Lipinski definition) is 3. The minimum absolute atomic E-state index is 0.0957. The van der Waals surface area contributed by atoms with Crippen molar-refractivity contribution in [2.45, 2.75) is 38.1 Å². The summed E-state index contributed by atoms with van der Waals surface area (Å²) in [6.45, 7) is 4.69. The number of rotatable bonds is 5. The molecule has 0 heterocycles. The second-order valence-corrected chi connectivity index (χ2v) is 4.71. The zero-order chi connectivity index (χ0) is 12.5. The van der Waals surface area contributed by atoms with E-state index in [2.05, 4.69) is 13.0 Å². The van der Waals surface area contributed by atoms with Gasteiger partial charge in [-0.05, 0) is 32.8 Å². The Bertz CT molecular complexity index is 397. The normalized spacial score (nSPS) is 18.6. The molecule has 1 aliphatic carbocycles. The SMILES string of the molecule is CCOc1cccc(C2(C(C)N)CC2)c1OC. The highest BCUT2D eigenvalue weighted by Gasteiger charge is 2.49. The van der Waals surface area contributed by atoms with Gasteiger partial charge in [0.25, 0.3) is 0 Å². The van der Waals surface area contributed by atoms with Crippen molar-refractivity contribution in [3.8, 4) is 11.5 Å². The Balaban J connectivity index is 2.44. The van der Waals surface area contributed by atoms with Crippen LogP contribution < -0.4 is 15.2 Å². The van der Waals surface area contributed by atoms with Gasteiger partial charge in [0, 0.05) is 17.0 Å². The van der Waals surface area contributed by atoms with E-state index in [0.29, 0.717) is 6.61 Å². The topological polar surface area (TPSA) is 44.5 Å². The Morgan fingerprint density at radius 1 is 1.41 bits per heavy atom. The van der Waals surface area contributed by atoms with Crippen LogP contribution in [0.2, 0.25) is 0 Å². The zero-order valence-corrected chi connectivity index (χ0v) is 10.8. The van der Waals surface area contributed by atoms with E-state index in [0.717, 1.165) is 24.3 Å². The Morgan fingerprint density at radius 2 is 2.12 bits per heavy atom. The van der Waals surface area contributed by atoms with E-state index >= 15 is 0 Å². The van der Waals surface area contributed by atoms with Crippen LogP contribution in [-0.4, -0.2) is 19.8 Å². The standard InChI is InChI=1S/C14H21NO2/c1-4-17-12-7-5-6-11(13(12)16-3)14(8-9-14)10(2)15/h5-7,10H,4,8-9,15H2,1-3H3. The monoisotopic (exact) mass is 235 g/mol. The molecule has 0 spiro atoms. The number of benzene rings is 1. The molecule has 0 aromatic heterocycles. The van der Waals surface area contributed by atoms with Gasteiger partial charge in [-0.25, -0.2) is 0 Å². The zero-order valence-electron chi connectivity index (χ0n) is 10.8. The quantitative estimate of drug-likeness (QED) is 0.852. The molecule has 1 aromatic rings. The Hall–Kier alpha value is -1.22. The van der Waals surface area contributed by atoms with Gasteiger partial charge >= 0.3 is 0 Å². The lowest BCUT2D eigenvalue weighted by Gasteiger charge is -2.23. The molecule has 0 aliphatic heterocycles. The third-order valence-corrected chi connectivity index (χ3v) is 3.68. The fourth-order valence-corrected chi connectivity index (χ4v) is 2.49. The molecule has 1 atom stereocenters. The molecular weight excluding hydrogens is 214 g/mol. The Labute approximate surface area is 103 Å². The molecule has 0 amide bonds. The second-order valence-electron chi connectivity index (χ2n) is 4.71. The summed E-state index contributed by atoms with van der Waals surface area (Å²) in [4.78, 5) is 0. The molecule has 17 heavy (non-hydrogen) atoms. The van der Waals surface area contributed by atoms with Crippen LogP contribution in [-0.2, 0) is 5.41 Å². The first kappa shape index (κ1) is 12.2. The number of hydrogen-bond donors (Lipinski definition) is 1. The van der Waals surface area contributed by atoms with Crippen molar-refractivity contribution in [3.05, 3.63) is 23.8 Å². The summed E-state index contributed by atoms with van der Waals surface area (Å²) in [5, 5.41) is 0. The van der Waals surface area contributed by atoms with Crippen molar-refractivity contribution in [1.29, 1.82) is 0 Å². The van der Waals surface area contributed by atoms with Gasteiger partial charge in [-0.15, -0.1) is 0 Å². The maximum absolute atomic E-state index is 6.12. The first-order valence-corrected chi connectivity index (χ1v) is 6.21. The second kappa shape index (κ2) is 4.57. The first-order valence-electron chi connectivity index (χ1n) is 6.21. The number of ether oxygens (including phenoxy) is 2. The summed E-state index contributed by atoms with van der Waals surface area (Å²) in [7, 11) is 1.69. The van der Waals surface area contributed by atoms with E-state index in [1.165, 1.54) is 5.56 Å². The number of para-hydroxylation sites is 1. The van der Waals surface area contributed by atoms with Gasteiger partial charge in [-0.2, -0.15) is 0 Å². The molecule has 1 unspecified atom stereocenters. The highest BCUT2D eigenvalue weighted by atomic mass is 16.5. The summed E-state index contributed by atoms with van der Waals surface area (Å²) in [5.74, 6) is 1.67. The number of methoxy groups -OCH3 is 1. The van der Waals surface area contributed by atoms with Crippen molar-refractivity contribution in [3.63, 3.8) is 0 Å². The molecule has 3 heteroatoms. The third kappa shape index (κ3) is 2.00. The lowest BCUT2D eigenvalue weighted by atomic mass is 9.88. The largest absolute Gasteiger partial charge is 0.493 e. The third-order valence-electron chi connectivity index (χ3n) is 3.68. The minimum atomic E-state index is 0.0957. The van der Waals surface area contributed by atoms with Gasteiger partial charge in [0.1, 0.15) is 0 Å². The van der Waals surface area contributed by atoms with E-state index in [1.54, 1.807) is 7.11 Å². The Kier molecular flexibility index (Phi) is 3.29. The number of nitrogens with two attached hydrogens (primary N) is 1. The van der Waals surface area contributed by atoms with Crippen molar-refractivity contribution < 1.29 is 9.47 Å². The van der Waals surface area contributed by atoms with Crippen LogP contribution in [0.3, 0.4) is 0 Å². The molecule has 0 saturated heterocycles. The molecule has 94 valence electrons. The fourth-order valence-electron chi connectivity index (χ4n) is 2.49. The average molecular weight is 235 g/mol. The van der Waals surface area contributed by atoms with Crippen molar-refractivity contribution in [1.82, 2.24) is 0 Å². The van der Waals surface area contributed by atoms with Crippen LogP contribution in [0.4, 0.5) is 0 Å². The lowest BCUT2D eigenvalue weighted by molar-refractivity contribution is 0.306. The Morgan fingerprint density at radius 3 is 2.59 bits per heavy atom. The summed E-state index contributed by atoms with van der Waals surface area (Å²) in [6, 6.07) is 6.22.